The predicted molar refractivity (Wildman–Crippen MR) is 81.6 cm³/mol. The molecule has 1 saturated heterocycles. The van der Waals surface area contributed by atoms with Gasteiger partial charge in [0.25, 0.3) is 0 Å². The molecule has 2 nitrogen and oxygen atoms in total. The van der Waals surface area contributed by atoms with Crippen molar-refractivity contribution in [2.24, 2.45) is 0 Å². The van der Waals surface area contributed by atoms with E-state index in [1.165, 1.54) is 22.6 Å². The Bertz CT molecular complexity index is 486. The molecule has 18 heavy (non-hydrogen) atoms. The molecule has 1 aromatic carbocycles. The fourth-order valence-corrected chi connectivity index (χ4v) is 5.25. The average molecular weight is 279 g/mol. The van der Waals surface area contributed by atoms with E-state index in [-0.39, 0.29) is 0 Å². The van der Waals surface area contributed by atoms with Crippen LogP contribution in [0.15, 0.2) is 34.7 Å². The molecule has 0 radical (unpaired) electrons. The number of rotatable bonds is 3. The lowest BCUT2D eigenvalue weighted by molar-refractivity contribution is 0.452. The summed E-state index contributed by atoms with van der Waals surface area (Å²) in [5.41, 5.74) is 0.987. The summed E-state index contributed by atoms with van der Waals surface area (Å²) >= 11 is 4.10. The van der Waals surface area contributed by atoms with Gasteiger partial charge in [0.2, 0.25) is 0 Å². The smallest absolute Gasteiger partial charge is 0.134 e. The maximum Gasteiger partial charge on any atom is 0.134 e. The standard InChI is InChI=1S/C14H17NOS2/c1-15-14(13-9-17-6-7-18-13)12-8-10-4-2-3-5-11(10)16-12/h2-5,8,13-15H,6-7,9H2,1H3. The zero-order valence-electron chi connectivity index (χ0n) is 10.4. The van der Waals surface area contributed by atoms with E-state index in [4.69, 9.17) is 4.42 Å². The molecule has 0 bridgehead atoms. The minimum absolute atomic E-state index is 0.315. The van der Waals surface area contributed by atoms with E-state index in [0.717, 1.165) is 11.3 Å². The van der Waals surface area contributed by atoms with E-state index in [0.29, 0.717) is 11.3 Å². The third-order valence-electron chi connectivity index (χ3n) is 3.28. The first-order valence-corrected chi connectivity index (χ1v) is 8.44. The lowest BCUT2D eigenvalue weighted by Gasteiger charge is -2.27. The second-order valence-electron chi connectivity index (χ2n) is 4.44. The van der Waals surface area contributed by atoms with Gasteiger partial charge < -0.3 is 9.73 Å². The van der Waals surface area contributed by atoms with Crippen molar-refractivity contribution < 1.29 is 4.42 Å². The number of hydrogen-bond acceptors (Lipinski definition) is 4. The Balaban J connectivity index is 1.90. The number of hydrogen-bond donors (Lipinski definition) is 1. The second-order valence-corrected chi connectivity index (χ2v) is 6.93. The fourth-order valence-electron chi connectivity index (χ4n) is 2.37. The first-order chi connectivity index (χ1) is 8.88. The largest absolute Gasteiger partial charge is 0.459 e. The van der Waals surface area contributed by atoms with E-state index in [2.05, 4.69) is 35.3 Å². The Morgan fingerprint density at radius 1 is 1.33 bits per heavy atom. The van der Waals surface area contributed by atoms with Crippen molar-refractivity contribution >= 4 is 34.5 Å². The number of nitrogens with one attached hydrogen (secondary N) is 1. The summed E-state index contributed by atoms with van der Waals surface area (Å²) in [5, 5.41) is 5.22. The van der Waals surface area contributed by atoms with Gasteiger partial charge in [-0.2, -0.15) is 23.5 Å². The highest BCUT2D eigenvalue weighted by Crippen LogP contribution is 2.35. The quantitative estimate of drug-likeness (QED) is 0.929. The zero-order chi connectivity index (χ0) is 12.4. The van der Waals surface area contributed by atoms with Gasteiger partial charge in [0, 0.05) is 27.9 Å². The summed E-state index contributed by atoms with van der Waals surface area (Å²) in [4.78, 5) is 0. The summed E-state index contributed by atoms with van der Waals surface area (Å²) in [7, 11) is 2.03. The van der Waals surface area contributed by atoms with Gasteiger partial charge in [0.15, 0.2) is 0 Å². The van der Waals surface area contributed by atoms with Crippen LogP contribution in [0, 0.1) is 0 Å². The highest BCUT2D eigenvalue weighted by Gasteiger charge is 2.27. The summed E-state index contributed by atoms with van der Waals surface area (Å²) in [6.07, 6.45) is 0. The van der Waals surface area contributed by atoms with E-state index < -0.39 is 0 Å². The molecule has 2 aromatic rings. The van der Waals surface area contributed by atoms with Crippen LogP contribution in [-0.2, 0) is 0 Å². The molecule has 1 aliphatic rings. The van der Waals surface area contributed by atoms with E-state index in [1.54, 1.807) is 0 Å². The monoisotopic (exact) mass is 279 g/mol. The number of benzene rings is 1. The molecular formula is C14H17NOS2. The highest BCUT2D eigenvalue weighted by molar-refractivity contribution is 8.06. The van der Waals surface area contributed by atoms with Crippen molar-refractivity contribution in [3.8, 4) is 0 Å². The van der Waals surface area contributed by atoms with Crippen molar-refractivity contribution in [1.82, 2.24) is 5.32 Å². The Morgan fingerprint density at radius 3 is 2.94 bits per heavy atom. The maximum atomic E-state index is 5.99. The van der Waals surface area contributed by atoms with Gasteiger partial charge in [-0.1, -0.05) is 18.2 Å². The van der Waals surface area contributed by atoms with Gasteiger partial charge in [-0.05, 0) is 19.2 Å². The molecule has 1 aliphatic heterocycles. The number of para-hydroxylation sites is 1. The number of fused-ring (bicyclic) bond motifs is 1. The Labute approximate surface area is 116 Å². The molecular weight excluding hydrogens is 262 g/mol. The lowest BCUT2D eigenvalue weighted by Crippen LogP contribution is -2.31. The molecule has 2 atom stereocenters. The SMILES string of the molecule is CNC(c1cc2ccccc2o1)C1CSCCS1. The molecule has 0 aliphatic carbocycles. The summed E-state index contributed by atoms with van der Waals surface area (Å²) in [6.45, 7) is 0. The van der Waals surface area contributed by atoms with E-state index in [1.807, 2.05) is 30.9 Å². The fraction of sp³-hybridized carbons (Fsp3) is 0.429. The number of furan rings is 1. The Hall–Kier alpha value is -0.580. The maximum absolute atomic E-state index is 5.99. The first-order valence-electron chi connectivity index (χ1n) is 6.23. The van der Waals surface area contributed by atoms with Crippen molar-refractivity contribution in [3.05, 3.63) is 36.1 Å². The van der Waals surface area contributed by atoms with Crippen molar-refractivity contribution in [2.75, 3.05) is 24.3 Å². The van der Waals surface area contributed by atoms with Crippen LogP contribution in [-0.4, -0.2) is 29.6 Å². The van der Waals surface area contributed by atoms with Gasteiger partial charge in [0.1, 0.15) is 11.3 Å². The van der Waals surface area contributed by atoms with Gasteiger partial charge in [-0.25, -0.2) is 0 Å². The molecule has 4 heteroatoms. The molecule has 96 valence electrons. The molecule has 0 saturated carbocycles. The van der Waals surface area contributed by atoms with Gasteiger partial charge in [0.05, 0.1) is 6.04 Å². The van der Waals surface area contributed by atoms with Crippen molar-refractivity contribution in [3.63, 3.8) is 0 Å². The molecule has 0 amide bonds. The van der Waals surface area contributed by atoms with Crippen molar-refractivity contribution in [2.45, 2.75) is 11.3 Å². The summed E-state index contributed by atoms with van der Waals surface area (Å²) in [6, 6.07) is 10.7. The molecule has 3 rings (SSSR count). The molecule has 1 fully saturated rings. The van der Waals surface area contributed by atoms with Gasteiger partial charge in [-0.15, -0.1) is 0 Å². The van der Waals surface area contributed by atoms with Crippen LogP contribution in [0.5, 0.6) is 0 Å². The predicted octanol–water partition coefficient (Wildman–Crippen LogP) is 3.54. The zero-order valence-corrected chi connectivity index (χ0v) is 12.0. The third kappa shape index (κ3) is 2.42. The first kappa shape index (κ1) is 12.5. The Kier molecular flexibility index (Phi) is 3.87. The Morgan fingerprint density at radius 2 is 2.22 bits per heavy atom. The van der Waals surface area contributed by atoms with Gasteiger partial charge in [-0.3, -0.25) is 0 Å². The summed E-state index contributed by atoms with van der Waals surface area (Å²) in [5.74, 6) is 4.79. The van der Waals surface area contributed by atoms with Crippen LogP contribution in [0.25, 0.3) is 11.0 Å². The van der Waals surface area contributed by atoms with Crippen molar-refractivity contribution in [1.29, 1.82) is 0 Å². The van der Waals surface area contributed by atoms with E-state index >= 15 is 0 Å². The topological polar surface area (TPSA) is 25.2 Å². The van der Waals surface area contributed by atoms with Crippen LogP contribution in [0.1, 0.15) is 11.8 Å². The number of thioether (sulfide) groups is 2. The normalized spacial score (nSPS) is 22.2. The molecule has 0 spiro atoms. The van der Waals surface area contributed by atoms with Crippen LogP contribution < -0.4 is 5.32 Å². The van der Waals surface area contributed by atoms with Crippen LogP contribution in [0.4, 0.5) is 0 Å². The van der Waals surface area contributed by atoms with Gasteiger partial charge >= 0.3 is 0 Å². The highest BCUT2D eigenvalue weighted by atomic mass is 32.2. The molecule has 2 unspecified atom stereocenters. The molecule has 1 N–H and O–H groups in total. The van der Waals surface area contributed by atoms with Crippen LogP contribution in [0.2, 0.25) is 0 Å². The minimum Gasteiger partial charge on any atom is -0.459 e. The van der Waals surface area contributed by atoms with Crippen LogP contribution >= 0.6 is 23.5 Å². The minimum atomic E-state index is 0.315. The summed E-state index contributed by atoms with van der Waals surface area (Å²) < 4.78 is 5.99. The molecule has 2 heterocycles. The lowest BCUT2D eigenvalue weighted by atomic mass is 10.1. The third-order valence-corrected chi connectivity index (χ3v) is 6.14. The average Bonchev–Trinajstić information content (AvgIpc) is 2.84. The van der Waals surface area contributed by atoms with Crippen LogP contribution in [0.3, 0.4) is 0 Å². The van der Waals surface area contributed by atoms with E-state index in [9.17, 15) is 0 Å². The molecule has 1 aromatic heterocycles. The second kappa shape index (κ2) is 5.59.